The zero-order chi connectivity index (χ0) is 36.2. The summed E-state index contributed by atoms with van der Waals surface area (Å²) in [6.07, 6.45) is 8.96. The third-order valence-corrected chi connectivity index (χ3v) is 12.0. The van der Waals surface area contributed by atoms with Crippen LogP contribution in [0.2, 0.25) is 0 Å². The molecule has 4 fully saturated rings. The van der Waals surface area contributed by atoms with E-state index in [0.29, 0.717) is 13.0 Å². The second kappa shape index (κ2) is 13.1. The van der Waals surface area contributed by atoms with Gasteiger partial charge in [-0.05, 0) is 98.1 Å². The summed E-state index contributed by atoms with van der Waals surface area (Å²) in [6.45, 7) is 7.50. The van der Waals surface area contributed by atoms with Crippen LogP contribution in [-0.4, -0.2) is 73.9 Å². The van der Waals surface area contributed by atoms with Crippen LogP contribution in [-0.2, 0) is 14.3 Å². The maximum Gasteiger partial charge on any atom is 0.407 e. The molecule has 8 rings (SSSR count). The van der Waals surface area contributed by atoms with Gasteiger partial charge in [0, 0.05) is 30.1 Å². The van der Waals surface area contributed by atoms with Crippen molar-refractivity contribution in [3.8, 4) is 23.1 Å². The maximum absolute atomic E-state index is 13.6. The number of aromatic amines is 2. The first kappa shape index (κ1) is 34.0. The summed E-state index contributed by atoms with van der Waals surface area (Å²) in [4.78, 5) is 59.4. The molecule has 11 nitrogen and oxygen atoms in total. The number of fused-ring (bicyclic) bond motifs is 1. The van der Waals surface area contributed by atoms with Crippen LogP contribution in [0.4, 0.5) is 4.79 Å². The summed E-state index contributed by atoms with van der Waals surface area (Å²) in [7, 11) is 1.30. The van der Waals surface area contributed by atoms with E-state index in [1.54, 1.807) is 0 Å². The van der Waals surface area contributed by atoms with Crippen LogP contribution in [0, 0.1) is 28.6 Å². The highest BCUT2D eigenvalue weighted by Crippen LogP contribution is 2.59. The summed E-state index contributed by atoms with van der Waals surface area (Å²) in [6, 6.07) is 13.3. The molecule has 11 heteroatoms. The number of rotatable bonds is 8. The molecule has 0 radical (unpaired) electrons. The molecule has 4 aliphatic rings. The largest absolute Gasteiger partial charge is 0.453 e. The molecule has 3 amide bonds. The third-order valence-electron chi connectivity index (χ3n) is 12.0. The van der Waals surface area contributed by atoms with E-state index in [2.05, 4.69) is 38.9 Å². The second-order valence-electron chi connectivity index (χ2n) is 15.6. The topological polar surface area (TPSA) is 136 Å². The quantitative estimate of drug-likeness (QED) is 0.176. The molecule has 0 unspecified atom stereocenters. The highest BCUT2D eigenvalue weighted by atomic mass is 16.5. The van der Waals surface area contributed by atoms with Crippen molar-refractivity contribution in [3.05, 3.63) is 71.4 Å². The Balaban J connectivity index is 0.957. The van der Waals surface area contributed by atoms with Gasteiger partial charge in [-0.25, -0.2) is 14.8 Å². The first-order chi connectivity index (χ1) is 25.1. The van der Waals surface area contributed by atoms with Gasteiger partial charge in [-0.15, -0.1) is 0 Å². The average Bonchev–Trinajstić information content (AvgIpc) is 3.78. The van der Waals surface area contributed by atoms with E-state index >= 15 is 0 Å². The Morgan fingerprint density at radius 1 is 0.885 bits per heavy atom. The number of ether oxygens (including phenoxy) is 1. The van der Waals surface area contributed by atoms with Gasteiger partial charge in [-0.1, -0.05) is 44.7 Å². The number of imidazole rings is 2. The zero-order valence-corrected chi connectivity index (χ0v) is 30.4. The van der Waals surface area contributed by atoms with E-state index in [9.17, 15) is 14.4 Å². The molecule has 2 aromatic carbocycles. The minimum Gasteiger partial charge on any atom is -0.453 e. The highest BCUT2D eigenvalue weighted by Gasteiger charge is 2.56. The smallest absolute Gasteiger partial charge is 0.407 e. The van der Waals surface area contributed by atoms with Crippen molar-refractivity contribution in [1.29, 1.82) is 0 Å². The molecule has 2 aromatic heterocycles. The Morgan fingerprint density at radius 2 is 1.52 bits per heavy atom. The molecule has 4 aromatic rings. The molecule has 3 N–H and O–H groups in total. The van der Waals surface area contributed by atoms with Crippen molar-refractivity contribution in [1.82, 2.24) is 35.1 Å². The first-order valence-electron chi connectivity index (χ1n) is 18.7. The van der Waals surface area contributed by atoms with Crippen LogP contribution in [0.25, 0.3) is 22.3 Å². The van der Waals surface area contributed by atoms with Gasteiger partial charge < -0.3 is 29.8 Å². The number of amides is 3. The number of aromatic nitrogens is 4. The standard InChI is InChI=1S/C41H47N7O4/c1-5-25(3)37(49)47-23-41(17-18-41)21-34(47)36-43-30-14-11-27(19-31(30)44-36)8-7-26-9-12-28(13-10-26)32-22-42-35(45-32)33-20-40(15-16-40)24-48(33)38(50)29(6-2)46-39(51)52-4/h9-14,19,22,25,29,33-34H,5-6,15-18,20-21,23-24H2,1-4H3,(H,42,45)(H,43,44)(H,46,51)/t25-,29-,33-,34-/m0/s1. The minimum atomic E-state index is -0.644. The van der Waals surface area contributed by atoms with E-state index < -0.39 is 12.1 Å². The number of carbonyl (C=O) groups excluding carboxylic acids is 3. The van der Waals surface area contributed by atoms with Gasteiger partial charge >= 0.3 is 6.09 Å². The van der Waals surface area contributed by atoms with Gasteiger partial charge in [0.2, 0.25) is 11.8 Å². The number of hydrogen-bond acceptors (Lipinski definition) is 6. The fraction of sp³-hybridized carbons (Fsp3) is 0.488. The van der Waals surface area contributed by atoms with Gasteiger partial charge in [-0.3, -0.25) is 9.59 Å². The van der Waals surface area contributed by atoms with Gasteiger partial charge in [0.1, 0.15) is 17.7 Å². The summed E-state index contributed by atoms with van der Waals surface area (Å²) in [5, 5.41) is 2.69. The van der Waals surface area contributed by atoms with E-state index in [-0.39, 0.29) is 40.6 Å². The Bertz CT molecular complexity index is 2080. The molecule has 2 saturated carbocycles. The Kier molecular flexibility index (Phi) is 8.59. The molecule has 2 aliphatic carbocycles. The van der Waals surface area contributed by atoms with Crippen LogP contribution in [0.15, 0.2) is 48.7 Å². The van der Waals surface area contributed by atoms with Crippen LogP contribution >= 0.6 is 0 Å². The summed E-state index contributed by atoms with van der Waals surface area (Å²) in [5.41, 5.74) is 5.87. The molecule has 2 aliphatic heterocycles. The molecule has 270 valence electrons. The van der Waals surface area contributed by atoms with Gasteiger partial charge in [0.25, 0.3) is 0 Å². The summed E-state index contributed by atoms with van der Waals surface area (Å²) < 4.78 is 4.75. The predicted molar refractivity (Wildman–Crippen MR) is 197 cm³/mol. The number of methoxy groups -OCH3 is 1. The molecule has 4 atom stereocenters. The molecule has 2 saturated heterocycles. The molecule has 4 heterocycles. The predicted octanol–water partition coefficient (Wildman–Crippen LogP) is 6.64. The van der Waals surface area contributed by atoms with E-state index in [4.69, 9.17) is 14.7 Å². The van der Waals surface area contributed by atoms with E-state index in [1.807, 2.05) is 67.4 Å². The van der Waals surface area contributed by atoms with Crippen LogP contribution in [0.1, 0.15) is 107 Å². The van der Waals surface area contributed by atoms with Crippen molar-refractivity contribution in [2.75, 3.05) is 20.2 Å². The van der Waals surface area contributed by atoms with Crippen molar-refractivity contribution >= 4 is 28.9 Å². The number of hydrogen-bond donors (Lipinski definition) is 3. The number of alkyl carbamates (subject to hydrolysis) is 1. The van der Waals surface area contributed by atoms with Crippen molar-refractivity contribution in [2.24, 2.45) is 16.7 Å². The monoisotopic (exact) mass is 701 g/mol. The fourth-order valence-corrected chi connectivity index (χ4v) is 8.14. The first-order valence-corrected chi connectivity index (χ1v) is 18.7. The fourth-order valence-electron chi connectivity index (χ4n) is 8.14. The van der Waals surface area contributed by atoms with Gasteiger partial charge in [0.15, 0.2) is 0 Å². The average molecular weight is 702 g/mol. The van der Waals surface area contributed by atoms with Crippen LogP contribution in [0.3, 0.4) is 0 Å². The minimum absolute atomic E-state index is 0.00595. The lowest BCUT2D eigenvalue weighted by molar-refractivity contribution is -0.136. The number of benzene rings is 2. The van der Waals surface area contributed by atoms with E-state index in [0.717, 1.165) is 83.7 Å². The van der Waals surface area contributed by atoms with Crippen molar-refractivity contribution in [3.63, 3.8) is 0 Å². The number of nitrogens with one attached hydrogen (secondary N) is 3. The van der Waals surface area contributed by atoms with Crippen molar-refractivity contribution < 1.29 is 19.1 Å². The number of nitrogens with zero attached hydrogens (tertiary/aromatic N) is 4. The Labute approximate surface area is 304 Å². The lowest BCUT2D eigenvalue weighted by Gasteiger charge is -2.27. The summed E-state index contributed by atoms with van der Waals surface area (Å²) >= 11 is 0. The van der Waals surface area contributed by atoms with Crippen molar-refractivity contribution in [2.45, 2.75) is 90.3 Å². The molecule has 2 spiro atoms. The highest BCUT2D eigenvalue weighted by molar-refractivity contribution is 5.86. The SMILES string of the molecule is CC[C@H](NC(=O)OC)C(=O)N1CC2(CC2)C[C@H]1c1ncc(-c2ccc(C#Cc3ccc4nc([C@@H]5CC6(CC6)CN5C(=O)[C@@H](C)CC)[nH]c4c3)cc2)[nH]1. The number of likely N-dealkylation sites (tertiary alicyclic amines) is 2. The van der Waals surface area contributed by atoms with Gasteiger partial charge in [0.05, 0.1) is 42.1 Å². The lowest BCUT2D eigenvalue weighted by Crippen LogP contribution is -2.48. The van der Waals surface area contributed by atoms with E-state index in [1.165, 1.54) is 20.0 Å². The molecule has 52 heavy (non-hydrogen) atoms. The Morgan fingerprint density at radius 3 is 2.15 bits per heavy atom. The van der Waals surface area contributed by atoms with Crippen LogP contribution < -0.4 is 5.32 Å². The zero-order valence-electron chi connectivity index (χ0n) is 30.4. The third kappa shape index (κ3) is 6.44. The number of H-pyrrole nitrogens is 2. The normalized spacial score (nSPS) is 21.9. The van der Waals surface area contributed by atoms with Crippen LogP contribution in [0.5, 0.6) is 0 Å². The maximum atomic E-state index is 13.6. The number of carbonyl (C=O) groups is 3. The van der Waals surface area contributed by atoms with Gasteiger partial charge in [-0.2, -0.15) is 0 Å². The Hall–Kier alpha value is -5.11. The summed E-state index contributed by atoms with van der Waals surface area (Å²) in [5.74, 6) is 8.39. The molecular weight excluding hydrogens is 654 g/mol. The molecule has 0 bridgehead atoms. The lowest BCUT2D eigenvalue weighted by atomic mass is 10.0. The molecular formula is C41H47N7O4. The second-order valence-corrected chi connectivity index (χ2v) is 15.6.